The van der Waals surface area contributed by atoms with Gasteiger partial charge in [0, 0.05) is 12.5 Å². The van der Waals surface area contributed by atoms with Crippen LogP contribution < -0.4 is 9.47 Å². The molecule has 0 radical (unpaired) electrons. The number of ether oxygens (including phenoxy) is 2. The summed E-state index contributed by atoms with van der Waals surface area (Å²) >= 11 is 4.53. The number of rotatable bonds is 9. The number of thiocarbonyl (C=S) groups is 1. The Bertz CT molecular complexity index is 866. The second kappa shape index (κ2) is 11.6. The van der Waals surface area contributed by atoms with E-state index in [1.165, 1.54) is 6.08 Å². The monoisotopic (exact) mass is 395 g/mol. The first-order chi connectivity index (χ1) is 13.6. The second-order valence-electron chi connectivity index (χ2n) is 5.95. The zero-order valence-electron chi connectivity index (χ0n) is 15.6. The number of carbonyl (C=O) groups excluding carboxylic acids is 2. The lowest BCUT2D eigenvalue weighted by molar-refractivity contribution is -0.134. The number of aliphatic imine (C=N–C) groups is 1. The molecule has 0 unspecified atom stereocenters. The molecule has 2 rings (SSSR count). The summed E-state index contributed by atoms with van der Waals surface area (Å²) in [6.45, 7) is 2.08. The molecule has 0 heterocycles. The smallest absolute Gasteiger partial charge is 0.336 e. The van der Waals surface area contributed by atoms with Crippen LogP contribution in [0.3, 0.4) is 0 Å². The first kappa shape index (κ1) is 21.2. The standard InChI is InChI=1S/C22H21NO4S/c1-2-3-4-5-21(24)26-19-11-6-17(7-12-19)8-15-22(25)27-20-13-9-18(10-14-20)23-16-28/h6-15H,2-5H2,1H3/b15-8+. The van der Waals surface area contributed by atoms with Gasteiger partial charge in [0.2, 0.25) is 0 Å². The third-order valence-electron chi connectivity index (χ3n) is 3.74. The molecule has 0 aromatic heterocycles. The maximum atomic E-state index is 11.9. The van der Waals surface area contributed by atoms with Crippen molar-refractivity contribution in [2.75, 3.05) is 0 Å². The van der Waals surface area contributed by atoms with Crippen LogP contribution >= 0.6 is 12.2 Å². The van der Waals surface area contributed by atoms with Crippen LogP contribution in [-0.4, -0.2) is 17.1 Å². The molecule has 2 aromatic carbocycles. The van der Waals surface area contributed by atoms with E-state index >= 15 is 0 Å². The van der Waals surface area contributed by atoms with E-state index in [1.807, 2.05) is 0 Å². The van der Waals surface area contributed by atoms with Crippen LogP contribution in [0.4, 0.5) is 5.69 Å². The molecule has 0 bridgehead atoms. The number of carbonyl (C=O) groups is 2. The normalized spacial score (nSPS) is 10.3. The maximum Gasteiger partial charge on any atom is 0.336 e. The Morgan fingerprint density at radius 3 is 2.29 bits per heavy atom. The van der Waals surface area contributed by atoms with Crippen molar-refractivity contribution in [1.82, 2.24) is 0 Å². The number of unbranched alkanes of at least 4 members (excludes halogenated alkanes) is 2. The Labute approximate surface area is 169 Å². The summed E-state index contributed by atoms with van der Waals surface area (Å²) in [5.74, 6) is 0.156. The van der Waals surface area contributed by atoms with Gasteiger partial charge in [-0.05, 0) is 66.7 Å². The molecule has 0 fully saturated rings. The minimum absolute atomic E-state index is 0.234. The van der Waals surface area contributed by atoms with Crippen molar-refractivity contribution >= 4 is 41.1 Å². The van der Waals surface area contributed by atoms with Gasteiger partial charge in [-0.15, -0.1) is 0 Å². The summed E-state index contributed by atoms with van der Waals surface area (Å²) in [6.07, 6.45) is 6.28. The number of isothiocyanates is 1. The van der Waals surface area contributed by atoms with E-state index in [0.29, 0.717) is 23.6 Å². The van der Waals surface area contributed by atoms with E-state index in [0.717, 1.165) is 24.8 Å². The second-order valence-corrected chi connectivity index (χ2v) is 6.13. The first-order valence-corrected chi connectivity index (χ1v) is 9.40. The lowest BCUT2D eigenvalue weighted by Crippen LogP contribution is -2.07. The molecule has 0 aliphatic carbocycles. The van der Waals surface area contributed by atoms with Gasteiger partial charge < -0.3 is 9.47 Å². The molecule has 0 saturated carbocycles. The average Bonchev–Trinajstić information content (AvgIpc) is 2.69. The molecular weight excluding hydrogens is 374 g/mol. The highest BCUT2D eigenvalue weighted by Gasteiger charge is 2.04. The van der Waals surface area contributed by atoms with E-state index in [2.05, 4.69) is 29.3 Å². The molecule has 28 heavy (non-hydrogen) atoms. The van der Waals surface area contributed by atoms with Crippen LogP contribution in [0.15, 0.2) is 59.6 Å². The third kappa shape index (κ3) is 7.66. The van der Waals surface area contributed by atoms with Crippen molar-refractivity contribution < 1.29 is 19.1 Å². The van der Waals surface area contributed by atoms with Crippen LogP contribution in [0.5, 0.6) is 11.5 Å². The first-order valence-electron chi connectivity index (χ1n) is 8.99. The van der Waals surface area contributed by atoms with Crippen molar-refractivity contribution in [2.45, 2.75) is 32.6 Å². The number of hydrogen-bond acceptors (Lipinski definition) is 6. The van der Waals surface area contributed by atoms with Crippen molar-refractivity contribution in [3.63, 3.8) is 0 Å². The van der Waals surface area contributed by atoms with Gasteiger partial charge in [-0.3, -0.25) is 4.79 Å². The molecule has 0 N–H and O–H groups in total. The van der Waals surface area contributed by atoms with Crippen LogP contribution in [0.2, 0.25) is 0 Å². The van der Waals surface area contributed by atoms with Crippen molar-refractivity contribution in [3.05, 3.63) is 60.2 Å². The van der Waals surface area contributed by atoms with Crippen LogP contribution in [0, 0.1) is 0 Å². The quantitative estimate of drug-likeness (QED) is 0.140. The van der Waals surface area contributed by atoms with Crippen LogP contribution in [0.1, 0.15) is 38.2 Å². The number of esters is 2. The van der Waals surface area contributed by atoms with E-state index in [9.17, 15) is 9.59 Å². The molecule has 5 nitrogen and oxygen atoms in total. The summed E-state index contributed by atoms with van der Waals surface area (Å²) in [5.41, 5.74) is 1.42. The van der Waals surface area contributed by atoms with Gasteiger partial charge >= 0.3 is 11.9 Å². The third-order valence-corrected chi connectivity index (χ3v) is 3.83. The van der Waals surface area contributed by atoms with Crippen molar-refractivity contribution in [1.29, 1.82) is 0 Å². The lowest BCUT2D eigenvalue weighted by atomic mass is 10.2. The highest BCUT2D eigenvalue weighted by Crippen LogP contribution is 2.18. The Kier molecular flexibility index (Phi) is 8.79. The highest BCUT2D eigenvalue weighted by atomic mass is 32.1. The molecular formula is C22H21NO4S. The van der Waals surface area contributed by atoms with E-state index in [-0.39, 0.29) is 5.97 Å². The number of benzene rings is 2. The fraction of sp³-hybridized carbons (Fsp3) is 0.227. The largest absolute Gasteiger partial charge is 0.427 e. The van der Waals surface area contributed by atoms with E-state index < -0.39 is 5.97 Å². The van der Waals surface area contributed by atoms with Crippen LogP contribution in [0.25, 0.3) is 6.08 Å². The predicted molar refractivity (Wildman–Crippen MR) is 112 cm³/mol. The molecule has 0 amide bonds. The molecule has 144 valence electrons. The maximum absolute atomic E-state index is 11.9. The molecule has 0 aliphatic rings. The summed E-state index contributed by atoms with van der Waals surface area (Å²) in [4.78, 5) is 27.4. The minimum Gasteiger partial charge on any atom is -0.427 e. The van der Waals surface area contributed by atoms with Gasteiger partial charge in [-0.2, -0.15) is 4.99 Å². The fourth-order valence-corrected chi connectivity index (χ4v) is 2.41. The molecule has 2 aromatic rings. The molecule has 0 aliphatic heterocycles. The minimum atomic E-state index is -0.502. The molecule has 6 heteroatoms. The fourth-order valence-electron chi connectivity index (χ4n) is 2.30. The zero-order chi connectivity index (χ0) is 20.2. The summed E-state index contributed by atoms with van der Waals surface area (Å²) in [6, 6.07) is 13.5. The number of hydrogen-bond donors (Lipinski definition) is 0. The summed E-state index contributed by atoms with van der Waals surface area (Å²) in [7, 11) is 0. The molecule has 0 atom stereocenters. The zero-order valence-corrected chi connectivity index (χ0v) is 16.4. The SMILES string of the molecule is CCCCCC(=O)Oc1ccc(/C=C/C(=O)Oc2ccc(N=C=S)cc2)cc1. The Morgan fingerprint density at radius 1 is 1.00 bits per heavy atom. The average molecular weight is 395 g/mol. The van der Waals surface area contributed by atoms with E-state index in [4.69, 9.17) is 9.47 Å². The van der Waals surface area contributed by atoms with Gasteiger partial charge in [0.1, 0.15) is 11.5 Å². The number of nitrogens with zero attached hydrogens (tertiary/aromatic N) is 1. The highest BCUT2D eigenvalue weighted by molar-refractivity contribution is 7.78. The van der Waals surface area contributed by atoms with Gasteiger partial charge in [-0.25, -0.2) is 4.79 Å². The molecule has 0 saturated heterocycles. The Hall–Kier alpha value is -3.08. The Morgan fingerprint density at radius 2 is 1.64 bits per heavy atom. The van der Waals surface area contributed by atoms with Crippen molar-refractivity contribution in [2.24, 2.45) is 4.99 Å². The van der Waals surface area contributed by atoms with Gasteiger partial charge in [0.05, 0.1) is 10.8 Å². The molecule has 0 spiro atoms. The Balaban J connectivity index is 1.85. The van der Waals surface area contributed by atoms with Gasteiger partial charge in [-0.1, -0.05) is 31.9 Å². The van der Waals surface area contributed by atoms with Gasteiger partial charge in [0.15, 0.2) is 0 Å². The summed E-state index contributed by atoms with van der Waals surface area (Å²) < 4.78 is 10.5. The van der Waals surface area contributed by atoms with E-state index in [1.54, 1.807) is 54.6 Å². The summed E-state index contributed by atoms with van der Waals surface area (Å²) in [5, 5.41) is 2.27. The predicted octanol–water partition coefficient (Wildman–Crippen LogP) is 5.53. The van der Waals surface area contributed by atoms with Gasteiger partial charge in [0.25, 0.3) is 0 Å². The lowest BCUT2D eigenvalue weighted by Gasteiger charge is -2.04. The topological polar surface area (TPSA) is 65.0 Å². The van der Waals surface area contributed by atoms with Crippen molar-refractivity contribution in [3.8, 4) is 11.5 Å². The van der Waals surface area contributed by atoms with Crippen LogP contribution in [-0.2, 0) is 9.59 Å².